The Morgan fingerprint density at radius 2 is 0.619 bits per heavy atom. The maximum absolute atomic E-state index is 12.7. The van der Waals surface area contributed by atoms with E-state index in [1.807, 2.05) is 0 Å². The molecule has 0 bridgehead atoms. The molecule has 26 heteroatoms. The van der Waals surface area contributed by atoms with Gasteiger partial charge in [0.1, 0.15) is 18.9 Å². The number of aldehydes is 3. The van der Waals surface area contributed by atoms with E-state index in [0.29, 0.717) is 0 Å². The van der Waals surface area contributed by atoms with Gasteiger partial charge in [0.15, 0.2) is 0 Å². The van der Waals surface area contributed by atoms with Crippen LogP contribution in [0.1, 0.15) is 19.3 Å². The molecular weight excluding hydrogens is 677 g/mol. The van der Waals surface area contributed by atoms with Crippen LogP contribution in [0, 0.1) is 0 Å². The minimum Gasteiger partial charge on any atom is -0.303 e. The minimum atomic E-state index is -7.92. The molecule has 0 atom stereocenters. The molecule has 0 spiro atoms. The van der Waals surface area contributed by atoms with Gasteiger partial charge in [0, 0.05) is 0 Å². The third-order valence-electron chi connectivity index (χ3n) is 3.92. The highest BCUT2D eigenvalue weighted by atomic mass is 19.4. The summed E-state index contributed by atoms with van der Waals surface area (Å²) in [6.07, 6.45) is -32.5. The molecule has 0 aliphatic heterocycles. The smallest absolute Gasteiger partial charge is 0.303 e. The highest BCUT2D eigenvalue weighted by Gasteiger charge is 2.90. The van der Waals surface area contributed by atoms with Gasteiger partial charge in [-0.25, -0.2) is 4.39 Å². The molecule has 0 saturated carbocycles. The van der Waals surface area contributed by atoms with Crippen LogP contribution in [0.5, 0.6) is 0 Å². The fourth-order valence-corrected chi connectivity index (χ4v) is 1.64. The average Bonchev–Trinajstić information content (AvgIpc) is 2.71. The summed E-state index contributed by atoms with van der Waals surface area (Å²) >= 11 is 0. The summed E-state index contributed by atoms with van der Waals surface area (Å²) in [6.45, 7) is 0. The molecule has 0 aliphatic rings. The summed E-state index contributed by atoms with van der Waals surface area (Å²) in [4.78, 5) is 28.2. The highest BCUT2D eigenvalue weighted by molar-refractivity contribution is 5.52. The van der Waals surface area contributed by atoms with Gasteiger partial charge in [-0.05, 0) is 0 Å². The van der Waals surface area contributed by atoms with Crippen molar-refractivity contribution >= 4 is 18.9 Å². The molecule has 0 saturated heterocycles. The van der Waals surface area contributed by atoms with Crippen LogP contribution in [0.3, 0.4) is 0 Å². The molecule has 0 N–H and O–H groups in total. The normalized spacial score (nSPS) is 14.6. The predicted octanol–water partition coefficient (Wildman–Crippen LogP) is 7.86. The van der Waals surface area contributed by atoms with Crippen molar-refractivity contribution < 1.29 is 115 Å². The molecule has 3 nitrogen and oxygen atoms in total. The summed E-state index contributed by atoms with van der Waals surface area (Å²) in [5, 5.41) is 0. The quantitative estimate of drug-likeness (QED) is 0.184. The first-order chi connectivity index (χ1) is 17.9. The van der Waals surface area contributed by atoms with Crippen LogP contribution in [-0.2, 0) is 14.4 Å². The van der Waals surface area contributed by atoms with Crippen molar-refractivity contribution in [1.82, 2.24) is 0 Å². The van der Waals surface area contributed by atoms with Crippen LogP contribution < -0.4 is 0 Å². The molecule has 0 radical (unpaired) electrons. The van der Waals surface area contributed by atoms with E-state index in [2.05, 4.69) is 0 Å². The van der Waals surface area contributed by atoms with Gasteiger partial charge < -0.3 is 14.4 Å². The van der Waals surface area contributed by atoms with Crippen molar-refractivity contribution in [3.63, 3.8) is 0 Å². The molecule has 42 heavy (non-hydrogen) atoms. The minimum absolute atomic E-state index is 0.167. The summed E-state index contributed by atoms with van der Waals surface area (Å²) in [6, 6.07) is 0. The molecule has 0 rings (SSSR count). The zero-order valence-corrected chi connectivity index (χ0v) is 18.8. The molecule has 0 heterocycles. The zero-order chi connectivity index (χ0) is 35.2. The number of halogens is 23. The Balaban J connectivity index is -0.000000638. The van der Waals surface area contributed by atoms with Crippen molar-refractivity contribution in [2.75, 3.05) is 0 Å². The maximum Gasteiger partial charge on any atom is 0.460 e. The van der Waals surface area contributed by atoms with E-state index in [1.165, 1.54) is 0 Å². The predicted molar refractivity (Wildman–Crippen MR) is 84.8 cm³/mol. The van der Waals surface area contributed by atoms with Gasteiger partial charge in [0.05, 0.1) is 19.3 Å². The lowest BCUT2D eigenvalue weighted by molar-refractivity contribution is -0.439. The maximum atomic E-state index is 12.7. The van der Waals surface area contributed by atoms with Crippen LogP contribution in [0.2, 0.25) is 0 Å². The van der Waals surface area contributed by atoms with E-state index in [-0.39, 0.29) is 6.29 Å². The Labute approximate surface area is 215 Å². The van der Waals surface area contributed by atoms with Gasteiger partial charge in [-0.2, -0.15) is 96.6 Å². The molecule has 0 fully saturated rings. The zero-order valence-electron chi connectivity index (χ0n) is 18.8. The van der Waals surface area contributed by atoms with Crippen LogP contribution >= 0.6 is 0 Å². The first kappa shape index (κ1) is 43.8. The van der Waals surface area contributed by atoms with Crippen molar-refractivity contribution in [2.24, 2.45) is 0 Å². The van der Waals surface area contributed by atoms with E-state index in [1.54, 1.807) is 0 Å². The van der Waals surface area contributed by atoms with Gasteiger partial charge in [-0.15, -0.1) is 0 Å². The fraction of sp³-hybridized carbons (Fsp3) is 0.812. The molecule has 252 valence electrons. The summed E-state index contributed by atoms with van der Waals surface area (Å²) in [5.74, 6) is -37.2. The lowest BCUT2D eigenvalue weighted by Crippen LogP contribution is -2.70. The van der Waals surface area contributed by atoms with E-state index in [0.717, 1.165) is 0 Å². The highest BCUT2D eigenvalue weighted by Crippen LogP contribution is 2.60. The van der Waals surface area contributed by atoms with E-state index >= 15 is 0 Å². The third kappa shape index (κ3) is 9.45. The summed E-state index contributed by atoms with van der Waals surface area (Å²) < 4.78 is 275. The van der Waals surface area contributed by atoms with Crippen LogP contribution in [0.25, 0.3) is 0 Å². The van der Waals surface area contributed by atoms with E-state index in [9.17, 15) is 111 Å². The lowest BCUT2D eigenvalue weighted by Gasteiger charge is -2.39. The largest absolute Gasteiger partial charge is 0.460 e. The van der Waals surface area contributed by atoms with Crippen LogP contribution in [0.15, 0.2) is 0 Å². The van der Waals surface area contributed by atoms with Gasteiger partial charge >= 0.3 is 60.0 Å². The molecule has 0 aromatic rings. The monoisotopic (exact) mass is 686 g/mol. The Bertz CT molecular complexity index is 862. The fourth-order valence-electron chi connectivity index (χ4n) is 1.64. The second kappa shape index (κ2) is 13.4. The van der Waals surface area contributed by atoms with Crippen molar-refractivity contribution in [3.8, 4) is 0 Å². The molecular formula is C16H9F23O3. The van der Waals surface area contributed by atoms with Crippen molar-refractivity contribution in [3.05, 3.63) is 0 Å². The number of alkyl halides is 23. The molecule has 0 amide bonds. The lowest BCUT2D eigenvalue weighted by atomic mass is 9.93. The van der Waals surface area contributed by atoms with Gasteiger partial charge in [-0.3, -0.25) is 0 Å². The second-order valence-electron chi connectivity index (χ2n) is 7.02. The number of rotatable bonds is 9. The van der Waals surface area contributed by atoms with E-state index < -0.39 is 91.8 Å². The Hall–Kier alpha value is -2.60. The average molecular weight is 686 g/mol. The number of hydrogen-bond donors (Lipinski definition) is 0. The molecule has 0 unspecified atom stereocenters. The Kier molecular flexibility index (Phi) is 14.0. The Morgan fingerprint density at radius 1 is 0.333 bits per heavy atom. The number of carbonyl (C=O) groups is 3. The van der Waals surface area contributed by atoms with Crippen LogP contribution in [-0.4, -0.2) is 78.8 Å². The Morgan fingerprint density at radius 3 is 0.786 bits per heavy atom. The standard InChI is InChI=1S/C8H3F13O.C5H3F7O.C3H3F3O/c9-3(10,1-2-22)4(11,12)5(13,14)6(15,16)7(17,18)8(19,20)21;6-3(1-2-13,4(7,8)9)5(10,11)12;4-3(5,6)1-2-7/h2H,1H2;2H,1H2;2H,1H2. The first-order valence-electron chi connectivity index (χ1n) is 9.09. The van der Waals surface area contributed by atoms with Crippen molar-refractivity contribution in [1.29, 1.82) is 0 Å². The second-order valence-corrected chi connectivity index (χ2v) is 7.02. The molecule has 0 aromatic heterocycles. The van der Waals surface area contributed by atoms with E-state index in [4.69, 9.17) is 4.79 Å². The first-order valence-corrected chi connectivity index (χ1v) is 9.09. The number of carbonyl (C=O) groups excluding carboxylic acids is 3. The van der Waals surface area contributed by atoms with Gasteiger partial charge in [0.2, 0.25) is 0 Å². The van der Waals surface area contributed by atoms with Gasteiger partial charge in [-0.1, -0.05) is 0 Å². The topological polar surface area (TPSA) is 51.2 Å². The van der Waals surface area contributed by atoms with Crippen LogP contribution in [0.4, 0.5) is 101 Å². The number of hydrogen-bond acceptors (Lipinski definition) is 3. The third-order valence-corrected chi connectivity index (χ3v) is 3.92. The van der Waals surface area contributed by atoms with Gasteiger partial charge in [0.25, 0.3) is 0 Å². The summed E-state index contributed by atoms with van der Waals surface area (Å²) in [5.41, 5.74) is -5.44. The summed E-state index contributed by atoms with van der Waals surface area (Å²) in [7, 11) is 0. The van der Waals surface area contributed by atoms with Crippen molar-refractivity contribution in [2.45, 2.75) is 79.2 Å². The molecule has 0 aliphatic carbocycles. The molecule has 0 aromatic carbocycles. The SMILES string of the molecule is O=CCC(F)(C(F)(F)F)C(F)(F)F.O=CCC(F)(F)C(F)(F)C(F)(F)C(F)(F)C(F)(F)C(F)(F)F.O=CCC(F)(F)F.